The van der Waals surface area contributed by atoms with Gasteiger partial charge in [-0.3, -0.25) is 9.36 Å². The molecule has 0 unspecified atom stereocenters. The first-order valence-electron chi connectivity index (χ1n) is 6.60. The number of nitrogens with zero attached hydrogens (tertiary/aromatic N) is 2. The van der Waals surface area contributed by atoms with E-state index in [4.69, 9.17) is 0 Å². The van der Waals surface area contributed by atoms with E-state index in [2.05, 4.69) is 4.98 Å². The molecular weight excluding hydrogens is 339 g/mol. The number of carboxylic acids is 1. The zero-order chi connectivity index (χ0) is 16.4. The summed E-state index contributed by atoms with van der Waals surface area (Å²) in [6.45, 7) is 0.190. The lowest BCUT2D eigenvalue weighted by Crippen LogP contribution is -2.27. The Morgan fingerprint density at radius 1 is 1.30 bits per heavy atom. The molecule has 0 saturated carbocycles. The van der Waals surface area contributed by atoms with Crippen molar-refractivity contribution in [2.75, 3.05) is 5.75 Å². The molecule has 5 nitrogen and oxygen atoms in total. The van der Waals surface area contributed by atoms with E-state index in [0.29, 0.717) is 15.4 Å². The van der Waals surface area contributed by atoms with Crippen molar-refractivity contribution in [2.45, 2.75) is 11.7 Å². The van der Waals surface area contributed by atoms with Crippen molar-refractivity contribution in [3.63, 3.8) is 0 Å². The van der Waals surface area contributed by atoms with Crippen molar-refractivity contribution >= 4 is 39.3 Å². The molecule has 0 amide bonds. The highest BCUT2D eigenvalue weighted by atomic mass is 32.2. The van der Waals surface area contributed by atoms with Gasteiger partial charge < -0.3 is 9.90 Å². The van der Waals surface area contributed by atoms with Gasteiger partial charge in [0, 0.05) is 5.75 Å². The molecule has 8 heteroatoms. The number of thioether (sulfide) groups is 1. The van der Waals surface area contributed by atoms with E-state index in [-0.39, 0.29) is 23.7 Å². The minimum absolute atomic E-state index is 0.190. The molecule has 2 heterocycles. The summed E-state index contributed by atoms with van der Waals surface area (Å²) in [4.78, 5) is 27.7. The molecule has 3 aromatic rings. The molecule has 0 spiro atoms. The van der Waals surface area contributed by atoms with Gasteiger partial charge in [0.2, 0.25) is 0 Å². The van der Waals surface area contributed by atoms with Gasteiger partial charge in [0.25, 0.3) is 5.56 Å². The van der Waals surface area contributed by atoms with Gasteiger partial charge in [0.15, 0.2) is 5.16 Å². The fraction of sp³-hybridized carbons (Fsp3) is 0.133. The average Bonchev–Trinajstić information content (AvgIpc) is 2.99. The number of aromatic nitrogens is 2. The molecule has 23 heavy (non-hydrogen) atoms. The Bertz CT molecular complexity index is 919. The second-order valence-corrected chi connectivity index (χ2v) is 6.57. The van der Waals surface area contributed by atoms with Gasteiger partial charge in [-0.2, -0.15) is 0 Å². The van der Waals surface area contributed by atoms with Gasteiger partial charge in [-0.25, -0.2) is 9.37 Å². The number of hydrogen-bond donors (Lipinski definition) is 0. The number of halogens is 1. The molecule has 0 N–H and O–H groups in total. The minimum Gasteiger partial charge on any atom is -0.549 e. The number of benzene rings is 1. The van der Waals surface area contributed by atoms with Crippen molar-refractivity contribution in [1.82, 2.24) is 9.55 Å². The Labute approximate surface area is 138 Å². The Balaban J connectivity index is 2.05. The Hall–Kier alpha value is -2.19. The highest BCUT2D eigenvalue weighted by molar-refractivity contribution is 7.99. The van der Waals surface area contributed by atoms with Gasteiger partial charge in [0.1, 0.15) is 10.5 Å². The number of aliphatic carboxylic acids is 1. The molecule has 118 valence electrons. The largest absolute Gasteiger partial charge is 0.549 e. The Morgan fingerprint density at radius 3 is 2.74 bits per heavy atom. The maximum atomic E-state index is 13.0. The summed E-state index contributed by atoms with van der Waals surface area (Å²) in [6, 6.07) is 7.49. The van der Waals surface area contributed by atoms with Crippen molar-refractivity contribution in [2.24, 2.45) is 0 Å². The Morgan fingerprint density at radius 2 is 2.04 bits per heavy atom. The van der Waals surface area contributed by atoms with E-state index in [1.165, 1.54) is 28.0 Å². The second kappa shape index (κ2) is 6.51. The molecule has 0 fully saturated rings. The van der Waals surface area contributed by atoms with E-state index in [1.54, 1.807) is 23.6 Å². The van der Waals surface area contributed by atoms with Gasteiger partial charge in [-0.05, 0) is 29.1 Å². The van der Waals surface area contributed by atoms with Crippen LogP contribution in [0.3, 0.4) is 0 Å². The minimum atomic E-state index is -1.23. The number of carbonyl (C=O) groups excluding carboxylic acids is 1. The summed E-state index contributed by atoms with van der Waals surface area (Å²) in [5.74, 6) is -1.90. The van der Waals surface area contributed by atoms with Crippen molar-refractivity contribution < 1.29 is 14.3 Å². The van der Waals surface area contributed by atoms with E-state index in [0.717, 1.165) is 17.3 Å². The van der Waals surface area contributed by atoms with E-state index < -0.39 is 5.97 Å². The van der Waals surface area contributed by atoms with E-state index >= 15 is 0 Å². The first kappa shape index (κ1) is 15.7. The van der Waals surface area contributed by atoms with Gasteiger partial charge >= 0.3 is 0 Å². The second-order valence-electron chi connectivity index (χ2n) is 4.71. The maximum absolute atomic E-state index is 13.0. The summed E-state index contributed by atoms with van der Waals surface area (Å²) in [7, 11) is 0. The van der Waals surface area contributed by atoms with Gasteiger partial charge in [-0.15, -0.1) is 11.3 Å². The van der Waals surface area contributed by atoms with Gasteiger partial charge in [0.05, 0.1) is 18.0 Å². The summed E-state index contributed by atoms with van der Waals surface area (Å²) >= 11 is 2.21. The molecule has 0 aliphatic rings. The first-order valence-corrected chi connectivity index (χ1v) is 8.46. The predicted molar refractivity (Wildman–Crippen MR) is 85.1 cm³/mol. The number of carbonyl (C=O) groups is 1. The molecule has 3 rings (SSSR count). The number of hydrogen-bond acceptors (Lipinski definition) is 6. The van der Waals surface area contributed by atoms with Crippen molar-refractivity contribution in [1.29, 1.82) is 0 Å². The number of carboxylic acid groups (broad SMARTS) is 1. The van der Waals surface area contributed by atoms with Crippen LogP contribution in [0.4, 0.5) is 4.39 Å². The lowest BCUT2D eigenvalue weighted by atomic mass is 10.2. The monoisotopic (exact) mass is 349 g/mol. The van der Waals surface area contributed by atoms with Crippen LogP contribution in [0.1, 0.15) is 5.56 Å². The summed E-state index contributed by atoms with van der Waals surface area (Å²) in [5, 5.41) is 12.8. The SMILES string of the molecule is O=C([O-])CSc1nc2ccsc2c(=O)n1Cc1ccc(F)cc1. The van der Waals surface area contributed by atoms with Crippen LogP contribution < -0.4 is 10.7 Å². The van der Waals surface area contributed by atoms with E-state index in [1.807, 2.05) is 0 Å². The first-order chi connectivity index (χ1) is 11.0. The van der Waals surface area contributed by atoms with Crippen LogP contribution >= 0.6 is 23.1 Å². The Kier molecular flexibility index (Phi) is 4.44. The fourth-order valence-electron chi connectivity index (χ4n) is 2.07. The number of fused-ring (bicyclic) bond motifs is 1. The molecule has 0 bridgehead atoms. The normalized spacial score (nSPS) is 11.0. The van der Waals surface area contributed by atoms with Crippen LogP contribution in [0.2, 0.25) is 0 Å². The third-order valence-corrected chi connectivity index (χ3v) is 4.95. The predicted octanol–water partition coefficient (Wildman–Crippen LogP) is 1.49. The van der Waals surface area contributed by atoms with Crippen LogP contribution in [0.25, 0.3) is 10.2 Å². The fourth-order valence-corrected chi connectivity index (χ4v) is 3.56. The maximum Gasteiger partial charge on any atom is 0.272 e. The molecule has 0 radical (unpaired) electrons. The standard InChI is InChI=1S/C15H11FN2O3S2/c16-10-3-1-9(2-4-10)7-18-14(21)13-11(5-6-22-13)17-15(18)23-8-12(19)20/h1-6H,7-8H2,(H,19,20)/p-1. The summed E-state index contributed by atoms with van der Waals surface area (Å²) < 4.78 is 14.9. The molecule has 0 aliphatic heterocycles. The molecule has 0 aliphatic carbocycles. The average molecular weight is 349 g/mol. The molecule has 1 aromatic carbocycles. The summed E-state index contributed by atoms with van der Waals surface area (Å²) in [5.41, 5.74) is 1.02. The highest BCUT2D eigenvalue weighted by Gasteiger charge is 2.13. The van der Waals surface area contributed by atoms with Crippen molar-refractivity contribution in [3.8, 4) is 0 Å². The quantitative estimate of drug-likeness (QED) is 0.515. The zero-order valence-electron chi connectivity index (χ0n) is 11.7. The lowest BCUT2D eigenvalue weighted by Gasteiger charge is -2.12. The molecule has 0 saturated heterocycles. The van der Waals surface area contributed by atoms with Crippen LogP contribution in [-0.2, 0) is 11.3 Å². The molecule has 0 atom stereocenters. The highest BCUT2D eigenvalue weighted by Crippen LogP contribution is 2.21. The number of thiophene rings is 1. The lowest BCUT2D eigenvalue weighted by molar-refractivity contribution is -0.301. The van der Waals surface area contributed by atoms with E-state index in [9.17, 15) is 19.1 Å². The van der Waals surface area contributed by atoms with Crippen LogP contribution in [0.15, 0.2) is 45.7 Å². The van der Waals surface area contributed by atoms with Crippen LogP contribution in [0, 0.1) is 5.82 Å². The zero-order valence-corrected chi connectivity index (χ0v) is 13.3. The third-order valence-electron chi connectivity index (χ3n) is 3.10. The van der Waals surface area contributed by atoms with Crippen molar-refractivity contribution in [3.05, 3.63) is 57.4 Å². The topological polar surface area (TPSA) is 75.0 Å². The smallest absolute Gasteiger partial charge is 0.272 e. The molecule has 2 aromatic heterocycles. The summed E-state index contributed by atoms with van der Waals surface area (Å²) in [6.07, 6.45) is 0. The van der Waals surface area contributed by atoms with Crippen LogP contribution in [-0.4, -0.2) is 21.3 Å². The van der Waals surface area contributed by atoms with Crippen LogP contribution in [0.5, 0.6) is 0 Å². The third kappa shape index (κ3) is 3.43. The number of rotatable bonds is 5. The van der Waals surface area contributed by atoms with Gasteiger partial charge in [-0.1, -0.05) is 23.9 Å². The molecular formula is C15H10FN2O3S2-.